The first-order valence-electron chi connectivity index (χ1n) is 12.6. The van der Waals surface area contributed by atoms with Gasteiger partial charge in [-0.05, 0) is 60.1 Å². The number of esters is 1. The number of aromatic nitrogens is 1. The number of nitro groups is 1. The number of fused-ring (bicyclic) bond motifs is 1. The Morgan fingerprint density at radius 2 is 1.98 bits per heavy atom. The minimum absolute atomic E-state index is 0.0564. The number of carbonyl (C=O) groups excluding carboxylic acids is 1. The fraction of sp³-hybridized carbons (Fsp3) is 0.207. The van der Waals surface area contributed by atoms with Crippen molar-refractivity contribution in [2.45, 2.75) is 19.9 Å². The summed E-state index contributed by atoms with van der Waals surface area (Å²) in [6.45, 7) is 3.56. The Labute approximate surface area is 251 Å². The zero-order chi connectivity index (χ0) is 30.1. The van der Waals surface area contributed by atoms with Gasteiger partial charge < -0.3 is 18.6 Å². The predicted octanol–water partition coefficient (Wildman–Crippen LogP) is 4.75. The van der Waals surface area contributed by atoms with Gasteiger partial charge in [0.15, 0.2) is 4.80 Å². The lowest BCUT2D eigenvalue weighted by atomic mass is 9.95. The third kappa shape index (κ3) is 5.28. The highest BCUT2D eigenvalue weighted by Crippen LogP contribution is 2.38. The van der Waals surface area contributed by atoms with Crippen LogP contribution in [0.15, 0.2) is 78.5 Å². The third-order valence-corrected chi connectivity index (χ3v) is 8.22. The van der Waals surface area contributed by atoms with E-state index in [0.29, 0.717) is 53.6 Å². The molecule has 13 heteroatoms. The van der Waals surface area contributed by atoms with Gasteiger partial charge in [0.1, 0.15) is 29.1 Å². The fourth-order valence-corrected chi connectivity index (χ4v) is 6.24. The molecule has 0 fully saturated rings. The molecule has 4 aromatic rings. The van der Waals surface area contributed by atoms with Crippen molar-refractivity contribution >= 4 is 45.0 Å². The monoisotopic (exact) mass is 653 g/mol. The molecule has 0 saturated heterocycles. The molecule has 0 radical (unpaired) electrons. The van der Waals surface area contributed by atoms with Gasteiger partial charge in [0.05, 0.1) is 41.6 Å². The van der Waals surface area contributed by atoms with Crippen LogP contribution in [-0.2, 0) is 9.53 Å². The second kappa shape index (κ2) is 11.8. The van der Waals surface area contributed by atoms with Crippen LogP contribution in [0, 0.1) is 10.1 Å². The number of thiazole rings is 1. The first-order chi connectivity index (χ1) is 20.2. The first-order valence-corrected chi connectivity index (χ1v) is 14.2. The molecule has 11 nitrogen and oxygen atoms in total. The van der Waals surface area contributed by atoms with Crippen LogP contribution in [0.2, 0.25) is 0 Å². The molecule has 1 aliphatic heterocycles. The van der Waals surface area contributed by atoms with Crippen LogP contribution >= 0.6 is 27.3 Å². The maximum atomic E-state index is 13.9. The van der Waals surface area contributed by atoms with E-state index >= 15 is 0 Å². The van der Waals surface area contributed by atoms with Gasteiger partial charge in [-0.2, -0.15) is 0 Å². The Balaban J connectivity index is 1.64. The smallest absolute Gasteiger partial charge is 0.338 e. The molecule has 1 aliphatic rings. The quantitative estimate of drug-likeness (QED) is 0.151. The minimum atomic E-state index is -0.869. The summed E-state index contributed by atoms with van der Waals surface area (Å²) in [6.07, 6.45) is 1.60. The van der Waals surface area contributed by atoms with E-state index in [9.17, 15) is 19.7 Å². The van der Waals surface area contributed by atoms with Crippen molar-refractivity contribution in [2.24, 2.45) is 4.99 Å². The van der Waals surface area contributed by atoms with E-state index in [0.717, 1.165) is 11.3 Å². The van der Waals surface area contributed by atoms with Crippen molar-refractivity contribution in [1.29, 1.82) is 0 Å². The van der Waals surface area contributed by atoms with Gasteiger partial charge in [0.25, 0.3) is 11.2 Å². The molecule has 0 saturated carbocycles. The largest absolute Gasteiger partial charge is 0.497 e. The highest BCUT2D eigenvalue weighted by atomic mass is 79.9. The molecule has 216 valence electrons. The maximum absolute atomic E-state index is 13.9. The predicted molar refractivity (Wildman–Crippen MR) is 158 cm³/mol. The molecular weight excluding hydrogens is 630 g/mol. The molecular formula is C29H24BrN3O8S. The number of nitrogens with zero attached hydrogens (tertiary/aromatic N) is 3. The Hall–Kier alpha value is -4.49. The van der Waals surface area contributed by atoms with Crippen LogP contribution in [0.1, 0.15) is 31.2 Å². The topological polar surface area (TPSA) is 135 Å². The highest BCUT2D eigenvalue weighted by molar-refractivity contribution is 9.10. The van der Waals surface area contributed by atoms with Crippen LogP contribution in [0.4, 0.5) is 5.69 Å². The summed E-state index contributed by atoms with van der Waals surface area (Å²) in [6, 6.07) is 12.1. The number of furan rings is 1. The Bertz CT molecular complexity index is 1940. The van der Waals surface area contributed by atoms with Gasteiger partial charge in [0, 0.05) is 39.9 Å². The number of non-ortho nitro benzene ring substituents is 1. The summed E-state index contributed by atoms with van der Waals surface area (Å²) in [7, 11) is 3.03. The van der Waals surface area contributed by atoms with E-state index in [-0.39, 0.29) is 23.4 Å². The molecule has 42 heavy (non-hydrogen) atoms. The summed E-state index contributed by atoms with van der Waals surface area (Å²) in [4.78, 5) is 42.7. The van der Waals surface area contributed by atoms with Gasteiger partial charge >= 0.3 is 5.97 Å². The van der Waals surface area contributed by atoms with Crippen molar-refractivity contribution < 1.29 is 28.3 Å². The molecule has 0 amide bonds. The number of halogens is 1. The molecule has 1 atom stereocenters. The summed E-state index contributed by atoms with van der Waals surface area (Å²) >= 11 is 4.52. The van der Waals surface area contributed by atoms with Crippen LogP contribution in [0.25, 0.3) is 17.4 Å². The summed E-state index contributed by atoms with van der Waals surface area (Å²) in [5.41, 5.74) is 1.38. The second-order valence-electron chi connectivity index (χ2n) is 9.03. The Morgan fingerprint density at radius 1 is 1.19 bits per heavy atom. The lowest BCUT2D eigenvalue weighted by molar-refractivity contribution is -0.384. The number of hydrogen-bond acceptors (Lipinski definition) is 10. The van der Waals surface area contributed by atoms with Crippen molar-refractivity contribution in [1.82, 2.24) is 4.57 Å². The number of nitro benzene ring substituents is 1. The third-order valence-electron chi connectivity index (χ3n) is 6.58. The van der Waals surface area contributed by atoms with Crippen molar-refractivity contribution in [3.63, 3.8) is 0 Å². The number of ether oxygens (including phenoxy) is 3. The normalized spacial score (nSPS) is 14.8. The number of rotatable bonds is 8. The van der Waals surface area contributed by atoms with E-state index < -0.39 is 16.9 Å². The summed E-state index contributed by atoms with van der Waals surface area (Å²) in [5.74, 6) is 1.24. The molecule has 5 rings (SSSR count). The number of benzene rings is 2. The molecule has 0 aliphatic carbocycles. The SMILES string of the molecule is CCOC(=O)C1=C(C)N=c2s/c(=C\c3ccc(-c4ccc([N+](=O)[O-])cc4Br)o3)c(=O)n2C1c1ccc(OC)cc1OC. The van der Waals surface area contributed by atoms with E-state index in [4.69, 9.17) is 18.6 Å². The standard InChI is InChI=1S/C29H24BrN3O8S/c1-5-40-28(35)25-15(2)31-29-32(26(25)20-10-7-17(38-3)13-23(20)39-4)27(34)24(42-29)14-18-8-11-22(41-18)19-9-6-16(33(36)37)12-21(19)30/h6-14,26H,5H2,1-4H3/b24-14-. The van der Waals surface area contributed by atoms with E-state index in [1.54, 1.807) is 56.3 Å². The Kier molecular flexibility index (Phi) is 8.14. The summed E-state index contributed by atoms with van der Waals surface area (Å²) in [5, 5.41) is 11.1. The van der Waals surface area contributed by atoms with E-state index in [1.807, 2.05) is 0 Å². The number of hydrogen-bond donors (Lipinski definition) is 0. The molecule has 2 aromatic heterocycles. The van der Waals surface area contributed by atoms with Crippen LogP contribution in [0.3, 0.4) is 0 Å². The van der Waals surface area contributed by atoms with E-state index in [2.05, 4.69) is 20.9 Å². The maximum Gasteiger partial charge on any atom is 0.338 e. The van der Waals surface area contributed by atoms with Gasteiger partial charge in [0.2, 0.25) is 0 Å². The number of carbonyl (C=O) groups is 1. The zero-order valence-corrected chi connectivity index (χ0v) is 25.3. The first kappa shape index (κ1) is 29.0. The van der Waals surface area contributed by atoms with Gasteiger partial charge in [-0.3, -0.25) is 19.5 Å². The van der Waals surface area contributed by atoms with Crippen molar-refractivity contribution in [3.05, 3.63) is 105 Å². The molecule has 0 spiro atoms. The molecule has 3 heterocycles. The lowest BCUT2D eigenvalue weighted by Crippen LogP contribution is -2.40. The average molecular weight is 654 g/mol. The fourth-order valence-electron chi connectivity index (χ4n) is 4.65. The van der Waals surface area contributed by atoms with Crippen LogP contribution < -0.4 is 24.4 Å². The lowest BCUT2D eigenvalue weighted by Gasteiger charge is -2.26. The molecule has 0 bridgehead atoms. The van der Waals surface area contributed by atoms with Gasteiger partial charge in [-0.15, -0.1) is 0 Å². The van der Waals surface area contributed by atoms with Crippen LogP contribution in [-0.4, -0.2) is 36.3 Å². The van der Waals surface area contributed by atoms with Gasteiger partial charge in [-0.1, -0.05) is 11.3 Å². The Morgan fingerprint density at radius 3 is 2.64 bits per heavy atom. The van der Waals surface area contributed by atoms with Gasteiger partial charge in [-0.25, -0.2) is 9.79 Å². The van der Waals surface area contributed by atoms with Crippen LogP contribution in [0.5, 0.6) is 11.5 Å². The minimum Gasteiger partial charge on any atom is -0.497 e. The van der Waals surface area contributed by atoms with E-state index in [1.165, 1.54) is 30.9 Å². The van der Waals surface area contributed by atoms with Crippen molar-refractivity contribution in [3.8, 4) is 22.8 Å². The average Bonchev–Trinajstić information content (AvgIpc) is 3.55. The molecule has 2 aromatic carbocycles. The highest BCUT2D eigenvalue weighted by Gasteiger charge is 2.35. The second-order valence-corrected chi connectivity index (χ2v) is 10.9. The summed E-state index contributed by atoms with van der Waals surface area (Å²) < 4.78 is 24.6. The number of allylic oxidation sites excluding steroid dienone is 1. The zero-order valence-electron chi connectivity index (χ0n) is 22.9. The molecule has 1 unspecified atom stereocenters. The van der Waals surface area contributed by atoms with Crippen molar-refractivity contribution in [2.75, 3.05) is 20.8 Å². The number of methoxy groups -OCH3 is 2. The molecule has 0 N–H and O–H groups in total.